The summed E-state index contributed by atoms with van der Waals surface area (Å²) < 4.78 is 21.4. The average Bonchev–Trinajstić information content (AvgIpc) is 3.63. The van der Waals surface area contributed by atoms with Gasteiger partial charge in [0.05, 0.1) is 16.8 Å². The van der Waals surface area contributed by atoms with Gasteiger partial charge in [-0.25, -0.2) is 4.57 Å². The summed E-state index contributed by atoms with van der Waals surface area (Å²) in [6.07, 6.45) is 24.8. The lowest BCUT2D eigenvalue weighted by atomic mass is 10.1. The van der Waals surface area contributed by atoms with Crippen LogP contribution in [0.15, 0.2) is 79.6 Å². The van der Waals surface area contributed by atoms with Crippen LogP contribution in [0.1, 0.15) is 82.3 Å². The Kier molecular flexibility index (Phi) is 18.6. The standard InChI is InChI=1S/C41H52ClN6O4.ClH/c1-33(49)52-41-37(29-38(42)36-19-11-21-44-40(36)41)39-32-48(46-45-39)24-7-3-5-9-26-51-28-14-18-35-16-12-23-47(31-35)22-6-2-4-8-25-50-27-13-17-34-15-10-20-43-30-34;/h10-12,15-16,19-21,23,29-32H,2-9,13-14,17-18,22,24-28H2,1H3;1H/q+1;/p-1. The van der Waals surface area contributed by atoms with E-state index in [1.54, 1.807) is 18.3 Å². The van der Waals surface area contributed by atoms with Gasteiger partial charge in [0.15, 0.2) is 18.1 Å². The second kappa shape index (κ2) is 23.7. The average molecular weight is 764 g/mol. The minimum atomic E-state index is -0.435. The number of rotatable bonds is 24. The normalized spacial score (nSPS) is 11.1. The number of ether oxygens (including phenoxy) is 3. The molecule has 4 heterocycles. The van der Waals surface area contributed by atoms with Gasteiger partial charge in [0.2, 0.25) is 0 Å². The lowest BCUT2D eigenvalue weighted by molar-refractivity contribution is -0.697. The lowest BCUT2D eigenvalue weighted by Gasteiger charge is -2.11. The first-order valence-corrected chi connectivity index (χ1v) is 19.1. The molecular weight excluding hydrogens is 711 g/mol. The summed E-state index contributed by atoms with van der Waals surface area (Å²) in [6.45, 7) is 6.42. The molecule has 0 spiro atoms. The molecular formula is C41H52Cl2N6O4. The number of hydrogen-bond donors (Lipinski definition) is 0. The third kappa shape index (κ3) is 14.4. The molecule has 4 aromatic heterocycles. The largest absolute Gasteiger partial charge is 1.00 e. The fraction of sp³-hybridized carbons (Fsp3) is 0.463. The van der Waals surface area contributed by atoms with Crippen LogP contribution in [0.4, 0.5) is 0 Å². The van der Waals surface area contributed by atoms with Gasteiger partial charge in [-0.2, -0.15) is 0 Å². The molecule has 284 valence electrons. The first kappa shape index (κ1) is 41.8. The number of fused-ring (bicyclic) bond motifs is 1. The SMILES string of the molecule is CC(=O)Oc1c(-c2cn(CCCCCCOCCCc3ccc[n+](CCCCCCOCCCc4cccnc4)c3)nn2)cc(Cl)c2cccnc12.[Cl-]. The molecule has 0 saturated heterocycles. The molecule has 0 fully saturated rings. The smallest absolute Gasteiger partial charge is 0.308 e. The molecule has 0 unspecified atom stereocenters. The zero-order valence-electron chi connectivity index (χ0n) is 30.8. The number of carbonyl (C=O) groups excluding carboxylic acids is 1. The Morgan fingerprint density at radius 1 is 0.830 bits per heavy atom. The highest BCUT2D eigenvalue weighted by atomic mass is 35.5. The van der Waals surface area contributed by atoms with Crippen molar-refractivity contribution in [2.24, 2.45) is 0 Å². The van der Waals surface area contributed by atoms with E-state index in [1.165, 1.54) is 37.3 Å². The zero-order chi connectivity index (χ0) is 36.2. The Bertz CT molecular complexity index is 1810. The first-order valence-electron chi connectivity index (χ1n) is 18.8. The number of aryl methyl sites for hydroxylation is 4. The van der Waals surface area contributed by atoms with Crippen molar-refractivity contribution in [1.82, 2.24) is 25.0 Å². The molecule has 10 nitrogen and oxygen atoms in total. The third-order valence-corrected chi connectivity index (χ3v) is 9.20. The molecule has 0 saturated carbocycles. The number of halogens is 2. The molecule has 0 aliphatic heterocycles. The number of carbonyl (C=O) groups is 1. The van der Waals surface area contributed by atoms with Crippen molar-refractivity contribution in [2.45, 2.75) is 97.1 Å². The number of nitrogens with zero attached hydrogens (tertiary/aromatic N) is 6. The number of esters is 1. The Balaban J connectivity index is 0.00000627. The Morgan fingerprint density at radius 2 is 1.53 bits per heavy atom. The summed E-state index contributed by atoms with van der Waals surface area (Å²) in [5.41, 5.74) is 4.34. The van der Waals surface area contributed by atoms with Crippen molar-refractivity contribution < 1.29 is 36.0 Å². The maximum Gasteiger partial charge on any atom is 0.308 e. The molecule has 0 bridgehead atoms. The van der Waals surface area contributed by atoms with Crippen LogP contribution < -0.4 is 21.7 Å². The van der Waals surface area contributed by atoms with E-state index in [0.29, 0.717) is 32.9 Å². The van der Waals surface area contributed by atoms with E-state index in [2.05, 4.69) is 55.4 Å². The number of pyridine rings is 3. The first-order chi connectivity index (χ1) is 25.6. The highest BCUT2D eigenvalue weighted by Gasteiger charge is 2.19. The van der Waals surface area contributed by atoms with Crippen LogP contribution >= 0.6 is 11.6 Å². The summed E-state index contributed by atoms with van der Waals surface area (Å²) in [6, 6.07) is 13.9. The summed E-state index contributed by atoms with van der Waals surface area (Å²) in [7, 11) is 0. The van der Waals surface area contributed by atoms with Gasteiger partial charge < -0.3 is 26.6 Å². The highest BCUT2D eigenvalue weighted by Crippen LogP contribution is 2.39. The van der Waals surface area contributed by atoms with Gasteiger partial charge in [-0.05, 0) is 87.3 Å². The summed E-state index contributed by atoms with van der Waals surface area (Å²) in [5, 5.41) is 9.85. The lowest BCUT2D eigenvalue weighted by Crippen LogP contribution is -3.00. The van der Waals surface area contributed by atoms with Gasteiger partial charge in [0, 0.05) is 81.9 Å². The molecule has 1 aromatic carbocycles. The third-order valence-electron chi connectivity index (χ3n) is 8.89. The van der Waals surface area contributed by atoms with E-state index in [0.717, 1.165) is 97.3 Å². The molecule has 0 aliphatic rings. The Labute approximate surface area is 324 Å². The van der Waals surface area contributed by atoms with Gasteiger partial charge in [-0.3, -0.25) is 19.4 Å². The summed E-state index contributed by atoms with van der Waals surface area (Å²) in [5.74, 6) is -0.0920. The Hall–Kier alpha value is -3.96. The van der Waals surface area contributed by atoms with Crippen molar-refractivity contribution in [3.05, 3.63) is 95.8 Å². The number of benzene rings is 1. The van der Waals surface area contributed by atoms with Gasteiger partial charge in [0.25, 0.3) is 0 Å². The van der Waals surface area contributed by atoms with Crippen molar-refractivity contribution >= 4 is 28.5 Å². The van der Waals surface area contributed by atoms with Crippen LogP contribution in [-0.4, -0.2) is 57.4 Å². The number of aromatic nitrogens is 6. The van der Waals surface area contributed by atoms with Crippen molar-refractivity contribution in [2.75, 3.05) is 26.4 Å². The fourth-order valence-corrected chi connectivity index (χ4v) is 6.46. The molecule has 0 amide bonds. The van der Waals surface area contributed by atoms with Gasteiger partial charge in [-0.15, -0.1) is 5.10 Å². The molecule has 5 rings (SSSR count). The van der Waals surface area contributed by atoms with Crippen molar-refractivity contribution in [1.29, 1.82) is 0 Å². The number of unbranched alkanes of at least 4 members (excludes halogenated alkanes) is 6. The van der Waals surface area contributed by atoms with E-state index in [9.17, 15) is 4.79 Å². The topological polar surface area (TPSA) is 105 Å². The highest BCUT2D eigenvalue weighted by molar-refractivity contribution is 6.36. The molecule has 12 heteroatoms. The van der Waals surface area contributed by atoms with Crippen molar-refractivity contribution in [3.8, 4) is 17.0 Å². The van der Waals surface area contributed by atoms with E-state index < -0.39 is 5.97 Å². The molecule has 53 heavy (non-hydrogen) atoms. The van der Waals surface area contributed by atoms with E-state index in [1.807, 2.05) is 35.4 Å². The molecule has 0 atom stereocenters. The Morgan fingerprint density at radius 3 is 2.28 bits per heavy atom. The van der Waals surface area contributed by atoms with Gasteiger partial charge in [0.1, 0.15) is 17.8 Å². The van der Waals surface area contributed by atoms with Crippen LogP contribution in [0.2, 0.25) is 5.02 Å². The molecule has 5 aromatic rings. The maximum atomic E-state index is 11.9. The zero-order valence-corrected chi connectivity index (χ0v) is 32.3. The van der Waals surface area contributed by atoms with Crippen molar-refractivity contribution in [3.63, 3.8) is 0 Å². The minimum Gasteiger partial charge on any atom is -1.00 e. The fourth-order valence-electron chi connectivity index (χ4n) is 6.20. The van der Waals surface area contributed by atoms with Crippen LogP contribution in [0.5, 0.6) is 5.75 Å². The monoisotopic (exact) mass is 762 g/mol. The van der Waals surface area contributed by atoms with Gasteiger partial charge in [-0.1, -0.05) is 42.1 Å². The van der Waals surface area contributed by atoms with Gasteiger partial charge >= 0.3 is 5.97 Å². The van der Waals surface area contributed by atoms with E-state index in [4.69, 9.17) is 25.8 Å². The van der Waals surface area contributed by atoms with Crippen LogP contribution in [0.25, 0.3) is 22.2 Å². The molecule has 0 radical (unpaired) electrons. The van der Waals surface area contributed by atoms with Crippen LogP contribution in [0.3, 0.4) is 0 Å². The number of hydrogen-bond acceptors (Lipinski definition) is 8. The second-order valence-electron chi connectivity index (χ2n) is 13.2. The predicted molar refractivity (Wildman–Crippen MR) is 203 cm³/mol. The minimum absolute atomic E-state index is 0. The van der Waals surface area contributed by atoms with Crippen LogP contribution in [-0.2, 0) is 40.2 Å². The molecule has 0 N–H and O–H groups in total. The van der Waals surface area contributed by atoms with E-state index in [-0.39, 0.29) is 12.4 Å². The second-order valence-corrected chi connectivity index (χ2v) is 13.6. The van der Waals surface area contributed by atoms with E-state index >= 15 is 0 Å². The molecule has 0 aliphatic carbocycles. The quantitative estimate of drug-likeness (QED) is 0.0367. The predicted octanol–water partition coefficient (Wildman–Crippen LogP) is 5.18. The van der Waals surface area contributed by atoms with Crippen LogP contribution in [0, 0.1) is 0 Å². The maximum absolute atomic E-state index is 11.9. The summed E-state index contributed by atoms with van der Waals surface area (Å²) >= 11 is 6.53. The summed E-state index contributed by atoms with van der Waals surface area (Å²) in [4.78, 5) is 20.4.